The van der Waals surface area contributed by atoms with Gasteiger partial charge in [0, 0.05) is 25.7 Å². The summed E-state index contributed by atoms with van der Waals surface area (Å²) >= 11 is 0. The highest BCUT2D eigenvalue weighted by Gasteiger charge is 2.41. The zero-order valence-electron chi connectivity index (χ0n) is 40.0. The van der Waals surface area contributed by atoms with Gasteiger partial charge >= 0.3 is 11.9 Å². The molecule has 0 aliphatic heterocycles. The summed E-state index contributed by atoms with van der Waals surface area (Å²) in [6.45, 7) is 21.6. The highest BCUT2D eigenvalue weighted by atomic mass is 16.5. The average molecular weight is 898 g/mol. The number of rotatable bonds is 23. The largest absolute Gasteiger partial charge is 0.487 e. The Morgan fingerprint density at radius 3 is 1.46 bits per heavy atom. The van der Waals surface area contributed by atoms with Crippen molar-refractivity contribution in [2.24, 2.45) is 10.8 Å². The minimum Gasteiger partial charge on any atom is -0.487 e. The summed E-state index contributed by atoms with van der Waals surface area (Å²) in [5, 5.41) is 39.6. The molecular weight excluding hydrogens is 827 g/mol. The topological polar surface area (TPSA) is 197 Å². The van der Waals surface area contributed by atoms with Gasteiger partial charge in [0.15, 0.2) is 23.8 Å². The Morgan fingerprint density at radius 1 is 0.646 bits per heavy atom. The zero-order valence-corrected chi connectivity index (χ0v) is 40.0. The zero-order chi connectivity index (χ0) is 49.1. The van der Waals surface area contributed by atoms with Crippen LogP contribution in [-0.4, -0.2) is 87.4 Å². The predicted molar refractivity (Wildman–Crippen MR) is 255 cm³/mol. The Morgan fingerprint density at radius 2 is 1.05 bits per heavy atom. The normalized spacial score (nSPS) is 20.3. The molecule has 354 valence electrons. The molecule has 5 N–H and O–H groups in total. The number of carbonyl (C=O) groups excluding carboxylic acids is 4. The fourth-order valence-electron chi connectivity index (χ4n) is 7.32. The maximum Gasteiger partial charge on any atom is 0.307 e. The van der Waals surface area contributed by atoms with Crippen molar-refractivity contribution in [3.8, 4) is 0 Å². The van der Waals surface area contributed by atoms with Gasteiger partial charge in [0.2, 0.25) is 5.91 Å². The van der Waals surface area contributed by atoms with Crippen LogP contribution < -0.4 is 5.32 Å². The number of Topliss-reactive ketones (excluding diaryl/α,β-unsaturated/α-hetero) is 2. The third kappa shape index (κ3) is 18.0. The van der Waals surface area contributed by atoms with E-state index in [0.717, 1.165) is 33.4 Å². The number of ketones is 2. The van der Waals surface area contributed by atoms with Gasteiger partial charge in [-0.2, -0.15) is 0 Å². The first-order chi connectivity index (χ1) is 30.4. The number of aliphatic hydroxyl groups is 3. The van der Waals surface area contributed by atoms with Crippen molar-refractivity contribution in [2.45, 2.75) is 126 Å². The molecule has 0 radical (unpaired) electrons. The van der Waals surface area contributed by atoms with Gasteiger partial charge in [-0.3, -0.25) is 24.0 Å². The molecule has 12 heteroatoms. The summed E-state index contributed by atoms with van der Waals surface area (Å²) < 4.78 is 11.3. The van der Waals surface area contributed by atoms with Crippen LogP contribution in [0.25, 0.3) is 0 Å². The number of ether oxygens (including phenoxy) is 2. The van der Waals surface area contributed by atoms with Gasteiger partial charge in [-0.05, 0) is 74.7 Å². The standard InChI is InChI=1S/C53H71NO11/c1-35(16-12-13-17-36(2)19-15-21-38(4)23-26-43-41(7)50(63)45(31-52(43,10)11)65-48(61)29-28-47(59)60)18-14-20-37(3)22-25-42-40(6)49(62)44(30-51(42,8)9)64-39(5)24-27-46(58)54-53(32-55,33-56)34-57/h12-23,25-26,44-45,55-57H,5,24,27-34H2,1-4,6-11H3,(H,54,58)(H,59,60)/b13-12+,18-14+,19-15+,25-22+,26-23+,35-16+,36-17+,37-20+,38-21+. The predicted octanol–water partition coefficient (Wildman–Crippen LogP) is 8.47. The quantitative estimate of drug-likeness (QED) is 0.0375. The number of esters is 1. The van der Waals surface area contributed by atoms with Gasteiger partial charge in [0.05, 0.1) is 38.4 Å². The number of hydrogen-bond donors (Lipinski definition) is 5. The average Bonchev–Trinajstić information content (AvgIpc) is 3.23. The van der Waals surface area contributed by atoms with Crippen molar-refractivity contribution in [3.63, 3.8) is 0 Å². The van der Waals surface area contributed by atoms with Gasteiger partial charge in [0.1, 0.15) is 5.54 Å². The lowest BCUT2D eigenvalue weighted by molar-refractivity contribution is -0.157. The lowest BCUT2D eigenvalue weighted by atomic mass is 9.71. The second-order valence-electron chi connectivity index (χ2n) is 18.2. The summed E-state index contributed by atoms with van der Waals surface area (Å²) in [5.74, 6) is -2.43. The van der Waals surface area contributed by atoms with E-state index in [2.05, 4.69) is 25.7 Å². The van der Waals surface area contributed by atoms with E-state index in [-0.39, 0.29) is 48.4 Å². The van der Waals surface area contributed by atoms with Crippen LogP contribution in [0.5, 0.6) is 0 Å². The molecule has 2 unspecified atom stereocenters. The van der Waals surface area contributed by atoms with Gasteiger partial charge in [-0.1, -0.05) is 142 Å². The van der Waals surface area contributed by atoms with E-state index in [4.69, 9.17) is 14.6 Å². The lowest BCUT2D eigenvalue weighted by Gasteiger charge is -2.37. The van der Waals surface area contributed by atoms with Gasteiger partial charge in [-0.25, -0.2) is 0 Å². The molecule has 65 heavy (non-hydrogen) atoms. The second-order valence-corrected chi connectivity index (χ2v) is 18.2. The highest BCUT2D eigenvalue weighted by Crippen LogP contribution is 2.42. The molecule has 2 atom stereocenters. The van der Waals surface area contributed by atoms with Gasteiger partial charge < -0.3 is 35.2 Å². The second kappa shape index (κ2) is 25.7. The fraction of sp³-hybridized carbons (Fsp3) is 0.453. The third-order valence-corrected chi connectivity index (χ3v) is 11.3. The number of amides is 1. The van der Waals surface area contributed by atoms with Crippen LogP contribution in [0.15, 0.2) is 142 Å². The van der Waals surface area contributed by atoms with Crippen LogP contribution >= 0.6 is 0 Å². The lowest BCUT2D eigenvalue weighted by Crippen LogP contribution is -2.57. The number of aliphatic hydroxyl groups excluding tert-OH is 3. The van der Waals surface area contributed by atoms with Crippen molar-refractivity contribution in [3.05, 3.63) is 142 Å². The molecule has 0 heterocycles. The summed E-state index contributed by atoms with van der Waals surface area (Å²) in [4.78, 5) is 61.7. The Balaban J connectivity index is 1.96. The molecule has 0 aromatic rings. The van der Waals surface area contributed by atoms with E-state index < -0.39 is 60.8 Å². The maximum atomic E-state index is 13.4. The molecule has 0 spiro atoms. The Kier molecular flexibility index (Phi) is 21.9. The van der Waals surface area contributed by atoms with E-state index in [1.54, 1.807) is 13.8 Å². The fourth-order valence-corrected chi connectivity index (χ4v) is 7.32. The van der Waals surface area contributed by atoms with Crippen LogP contribution in [0.1, 0.15) is 108 Å². The minimum absolute atomic E-state index is 0.0599. The molecule has 1 amide bonds. The molecular formula is C53H71NO11. The molecule has 12 nitrogen and oxygen atoms in total. The van der Waals surface area contributed by atoms with Crippen molar-refractivity contribution < 1.29 is 53.9 Å². The Hall–Kier alpha value is -5.69. The van der Waals surface area contributed by atoms with E-state index in [1.165, 1.54) is 0 Å². The molecule has 0 aromatic heterocycles. The van der Waals surface area contributed by atoms with Crippen LogP contribution in [0.2, 0.25) is 0 Å². The first kappa shape index (κ1) is 55.4. The van der Waals surface area contributed by atoms with Crippen LogP contribution in [0.3, 0.4) is 0 Å². The number of allylic oxidation sites excluding steroid dienone is 21. The van der Waals surface area contributed by atoms with Crippen molar-refractivity contribution in [1.82, 2.24) is 5.32 Å². The summed E-state index contributed by atoms with van der Waals surface area (Å²) in [6, 6.07) is 0. The summed E-state index contributed by atoms with van der Waals surface area (Å²) in [5.41, 5.74) is 4.68. The minimum atomic E-state index is -1.52. The van der Waals surface area contributed by atoms with E-state index in [0.29, 0.717) is 24.0 Å². The van der Waals surface area contributed by atoms with Gasteiger partial charge in [-0.15, -0.1) is 0 Å². The van der Waals surface area contributed by atoms with Crippen molar-refractivity contribution >= 4 is 29.4 Å². The summed E-state index contributed by atoms with van der Waals surface area (Å²) in [7, 11) is 0. The smallest absolute Gasteiger partial charge is 0.307 e. The van der Waals surface area contributed by atoms with Crippen molar-refractivity contribution in [2.75, 3.05) is 19.8 Å². The number of hydrogen-bond acceptors (Lipinski definition) is 10. The van der Waals surface area contributed by atoms with Crippen LogP contribution in [-0.2, 0) is 33.4 Å². The monoisotopic (exact) mass is 898 g/mol. The maximum absolute atomic E-state index is 13.4. The molecule has 2 aliphatic rings. The SMILES string of the molecule is C=C(CCC(=O)NC(CO)(CO)CO)OC1CC(C)(C)C(/C=C/C(C)=C/C=C/C(C)=C/C=C/C=C(C)/C=C/C=C(C)/C=C/C2=C(C)C(=O)C(OC(=O)CCC(=O)O)CC2(C)C)=C(C)C1=O. The number of carboxylic acids is 1. The molecule has 0 bridgehead atoms. The van der Waals surface area contributed by atoms with Crippen molar-refractivity contribution in [1.29, 1.82) is 0 Å². The van der Waals surface area contributed by atoms with Gasteiger partial charge in [0.25, 0.3) is 0 Å². The number of carboxylic acid groups (broad SMARTS) is 1. The Bertz CT molecular complexity index is 2130. The number of carbonyl (C=O) groups is 5. The molecule has 0 saturated carbocycles. The van der Waals surface area contributed by atoms with E-state index in [9.17, 15) is 39.3 Å². The number of nitrogens with one attached hydrogen (secondary N) is 1. The Labute approximate surface area is 385 Å². The first-order valence-electron chi connectivity index (χ1n) is 21.9. The van der Waals surface area contributed by atoms with E-state index in [1.807, 2.05) is 127 Å². The molecule has 0 fully saturated rings. The van der Waals surface area contributed by atoms with E-state index >= 15 is 0 Å². The summed E-state index contributed by atoms with van der Waals surface area (Å²) in [6.07, 6.45) is 26.3. The molecule has 2 rings (SSSR count). The first-order valence-corrected chi connectivity index (χ1v) is 21.9. The highest BCUT2D eigenvalue weighted by molar-refractivity contribution is 6.02. The molecule has 2 aliphatic carbocycles. The molecule has 0 aromatic carbocycles. The third-order valence-electron chi connectivity index (χ3n) is 11.3. The number of aliphatic carboxylic acids is 1. The molecule has 0 saturated heterocycles. The van der Waals surface area contributed by atoms with Crippen LogP contribution in [0, 0.1) is 10.8 Å². The van der Waals surface area contributed by atoms with Crippen LogP contribution in [0.4, 0.5) is 0 Å².